The number of nitrogens with zero attached hydrogens (tertiary/aromatic N) is 1. The Labute approximate surface area is 87.8 Å². The van der Waals surface area contributed by atoms with Gasteiger partial charge in [-0.1, -0.05) is 20.3 Å². The van der Waals surface area contributed by atoms with E-state index in [1.165, 1.54) is 38.9 Å². The van der Waals surface area contributed by atoms with Crippen molar-refractivity contribution in [1.82, 2.24) is 4.90 Å². The molecule has 14 heavy (non-hydrogen) atoms. The van der Waals surface area contributed by atoms with Crippen LogP contribution in [0.1, 0.15) is 33.1 Å². The predicted molar refractivity (Wildman–Crippen MR) is 60.1 cm³/mol. The molecule has 2 N–H and O–H groups in total. The molecule has 2 nitrogen and oxygen atoms in total. The Morgan fingerprint density at radius 3 is 2.71 bits per heavy atom. The van der Waals surface area contributed by atoms with Gasteiger partial charge in [0.1, 0.15) is 0 Å². The molecule has 1 saturated heterocycles. The Balaban J connectivity index is 1.90. The van der Waals surface area contributed by atoms with Gasteiger partial charge in [-0.2, -0.15) is 0 Å². The summed E-state index contributed by atoms with van der Waals surface area (Å²) in [5.74, 6) is 2.52. The highest BCUT2D eigenvalue weighted by atomic mass is 15.2. The number of hydrogen-bond acceptors (Lipinski definition) is 2. The highest BCUT2D eigenvalue weighted by molar-refractivity contribution is 4.93. The fourth-order valence-electron chi connectivity index (χ4n) is 3.27. The van der Waals surface area contributed by atoms with Crippen LogP contribution in [0.4, 0.5) is 0 Å². The van der Waals surface area contributed by atoms with Gasteiger partial charge in [0.05, 0.1) is 0 Å². The molecule has 2 fully saturated rings. The van der Waals surface area contributed by atoms with Crippen molar-refractivity contribution in [1.29, 1.82) is 0 Å². The molecule has 82 valence electrons. The van der Waals surface area contributed by atoms with Gasteiger partial charge >= 0.3 is 0 Å². The quantitative estimate of drug-likeness (QED) is 0.728. The van der Waals surface area contributed by atoms with E-state index in [-0.39, 0.29) is 0 Å². The molecule has 0 amide bonds. The molecule has 1 aliphatic carbocycles. The van der Waals surface area contributed by atoms with E-state index in [4.69, 9.17) is 5.73 Å². The smallest absolute Gasteiger partial charge is 0.00825 e. The molecule has 0 spiro atoms. The summed E-state index contributed by atoms with van der Waals surface area (Å²) in [5.41, 5.74) is 6.19. The Morgan fingerprint density at radius 2 is 2.07 bits per heavy atom. The second kappa shape index (κ2) is 4.19. The van der Waals surface area contributed by atoms with Crippen LogP contribution >= 0.6 is 0 Å². The molecule has 1 aliphatic heterocycles. The standard InChI is InChI=1S/C12H24N2/c1-9(2)6-14-7-10-4-3-5-12(13)11(10)8-14/h9-12H,3-8,13H2,1-2H3. The van der Waals surface area contributed by atoms with E-state index in [0.29, 0.717) is 6.04 Å². The molecule has 0 bridgehead atoms. The van der Waals surface area contributed by atoms with Crippen LogP contribution in [0.3, 0.4) is 0 Å². The van der Waals surface area contributed by atoms with E-state index in [9.17, 15) is 0 Å². The fourth-order valence-corrected chi connectivity index (χ4v) is 3.27. The highest BCUT2D eigenvalue weighted by Crippen LogP contribution is 2.35. The summed E-state index contributed by atoms with van der Waals surface area (Å²) in [6.45, 7) is 8.46. The minimum absolute atomic E-state index is 0.492. The number of fused-ring (bicyclic) bond motifs is 1. The van der Waals surface area contributed by atoms with Crippen LogP contribution in [0.25, 0.3) is 0 Å². The van der Waals surface area contributed by atoms with Gasteiger partial charge in [-0.25, -0.2) is 0 Å². The third-order valence-corrected chi connectivity index (χ3v) is 3.85. The van der Waals surface area contributed by atoms with E-state index in [1.807, 2.05) is 0 Å². The van der Waals surface area contributed by atoms with Gasteiger partial charge in [0.15, 0.2) is 0 Å². The lowest BCUT2D eigenvalue weighted by molar-refractivity contribution is 0.258. The predicted octanol–water partition coefficient (Wildman–Crippen LogP) is 1.70. The SMILES string of the molecule is CC(C)CN1CC2CCCC(N)C2C1. The third-order valence-electron chi connectivity index (χ3n) is 3.85. The lowest BCUT2D eigenvalue weighted by Gasteiger charge is -2.29. The zero-order valence-corrected chi connectivity index (χ0v) is 9.58. The van der Waals surface area contributed by atoms with Gasteiger partial charge in [-0.05, 0) is 30.6 Å². The first-order valence-electron chi connectivity index (χ1n) is 6.14. The van der Waals surface area contributed by atoms with Crippen LogP contribution in [0, 0.1) is 17.8 Å². The monoisotopic (exact) mass is 196 g/mol. The van der Waals surface area contributed by atoms with Crippen molar-refractivity contribution in [3.63, 3.8) is 0 Å². The summed E-state index contributed by atoms with van der Waals surface area (Å²) < 4.78 is 0. The molecule has 3 atom stereocenters. The van der Waals surface area contributed by atoms with Crippen molar-refractivity contribution < 1.29 is 0 Å². The van der Waals surface area contributed by atoms with Crippen LogP contribution in [0.2, 0.25) is 0 Å². The fraction of sp³-hybridized carbons (Fsp3) is 1.00. The summed E-state index contributed by atoms with van der Waals surface area (Å²) in [4.78, 5) is 2.63. The molecule has 0 aromatic rings. The van der Waals surface area contributed by atoms with Crippen molar-refractivity contribution in [2.24, 2.45) is 23.5 Å². The largest absolute Gasteiger partial charge is 0.327 e. The van der Waals surface area contributed by atoms with Crippen LogP contribution in [0.15, 0.2) is 0 Å². The van der Waals surface area contributed by atoms with Crippen molar-refractivity contribution in [3.8, 4) is 0 Å². The topological polar surface area (TPSA) is 29.3 Å². The second-order valence-corrected chi connectivity index (χ2v) is 5.63. The minimum atomic E-state index is 0.492. The number of likely N-dealkylation sites (tertiary alicyclic amines) is 1. The Bertz CT molecular complexity index is 191. The molecular weight excluding hydrogens is 172 g/mol. The summed E-state index contributed by atoms with van der Waals surface area (Å²) in [7, 11) is 0. The lowest BCUT2D eigenvalue weighted by atomic mass is 9.78. The van der Waals surface area contributed by atoms with Gasteiger partial charge in [-0.3, -0.25) is 0 Å². The van der Waals surface area contributed by atoms with Gasteiger partial charge in [-0.15, -0.1) is 0 Å². The van der Waals surface area contributed by atoms with E-state index in [1.54, 1.807) is 0 Å². The third kappa shape index (κ3) is 2.12. The maximum absolute atomic E-state index is 6.19. The normalized spacial score (nSPS) is 39.0. The van der Waals surface area contributed by atoms with Crippen LogP contribution in [-0.2, 0) is 0 Å². The summed E-state index contributed by atoms with van der Waals surface area (Å²) >= 11 is 0. The van der Waals surface area contributed by atoms with Gasteiger partial charge < -0.3 is 10.6 Å². The summed E-state index contributed by atoms with van der Waals surface area (Å²) in [5, 5.41) is 0. The van der Waals surface area contributed by atoms with Gasteiger partial charge in [0.2, 0.25) is 0 Å². The molecule has 0 aromatic heterocycles. The first-order valence-corrected chi connectivity index (χ1v) is 6.14. The van der Waals surface area contributed by atoms with Crippen molar-refractivity contribution in [3.05, 3.63) is 0 Å². The summed E-state index contributed by atoms with van der Waals surface area (Å²) in [6.07, 6.45) is 4.04. The molecule has 1 saturated carbocycles. The molecule has 1 heterocycles. The van der Waals surface area contributed by atoms with E-state index in [0.717, 1.165) is 17.8 Å². The van der Waals surface area contributed by atoms with Crippen molar-refractivity contribution in [2.75, 3.05) is 19.6 Å². The first-order chi connectivity index (χ1) is 6.66. The molecule has 3 unspecified atom stereocenters. The van der Waals surface area contributed by atoms with E-state index in [2.05, 4.69) is 18.7 Å². The van der Waals surface area contributed by atoms with Crippen LogP contribution in [0.5, 0.6) is 0 Å². The summed E-state index contributed by atoms with van der Waals surface area (Å²) in [6, 6.07) is 0.492. The average molecular weight is 196 g/mol. The van der Waals surface area contributed by atoms with E-state index < -0.39 is 0 Å². The number of rotatable bonds is 2. The van der Waals surface area contributed by atoms with E-state index >= 15 is 0 Å². The minimum Gasteiger partial charge on any atom is -0.327 e. The Morgan fingerprint density at radius 1 is 1.29 bits per heavy atom. The van der Waals surface area contributed by atoms with Gasteiger partial charge in [0.25, 0.3) is 0 Å². The maximum atomic E-state index is 6.19. The van der Waals surface area contributed by atoms with Gasteiger partial charge in [0, 0.05) is 25.7 Å². The second-order valence-electron chi connectivity index (χ2n) is 5.63. The Kier molecular flexibility index (Phi) is 3.13. The highest BCUT2D eigenvalue weighted by Gasteiger charge is 2.38. The lowest BCUT2D eigenvalue weighted by Crippen LogP contribution is -2.38. The molecule has 2 rings (SSSR count). The molecule has 0 radical (unpaired) electrons. The number of hydrogen-bond donors (Lipinski definition) is 1. The zero-order chi connectivity index (χ0) is 10.1. The first kappa shape index (κ1) is 10.4. The molecular formula is C12H24N2. The van der Waals surface area contributed by atoms with Crippen LogP contribution < -0.4 is 5.73 Å². The molecule has 0 aromatic carbocycles. The molecule has 2 heteroatoms. The average Bonchev–Trinajstić information content (AvgIpc) is 2.47. The van der Waals surface area contributed by atoms with Crippen molar-refractivity contribution >= 4 is 0 Å². The zero-order valence-electron chi connectivity index (χ0n) is 9.58. The van der Waals surface area contributed by atoms with Crippen molar-refractivity contribution in [2.45, 2.75) is 39.2 Å². The molecule has 2 aliphatic rings. The number of nitrogens with two attached hydrogens (primary N) is 1. The maximum Gasteiger partial charge on any atom is 0.00825 e. The Hall–Kier alpha value is -0.0800. The van der Waals surface area contributed by atoms with Crippen LogP contribution in [-0.4, -0.2) is 30.6 Å².